The van der Waals surface area contributed by atoms with Gasteiger partial charge in [-0.3, -0.25) is 13.9 Å². The van der Waals surface area contributed by atoms with Gasteiger partial charge >= 0.3 is 0 Å². The number of hydrogen-bond acceptors (Lipinski definition) is 5. The van der Waals surface area contributed by atoms with Crippen molar-refractivity contribution in [2.24, 2.45) is 0 Å². The largest absolute Gasteiger partial charge is 0.441 e. The van der Waals surface area contributed by atoms with Crippen LogP contribution in [0.5, 0.6) is 0 Å². The van der Waals surface area contributed by atoms with E-state index in [0.717, 1.165) is 30.8 Å². The lowest BCUT2D eigenvalue weighted by atomic mass is 10.1. The first kappa shape index (κ1) is 26.0. The number of aryl methyl sites for hydroxylation is 2. The van der Waals surface area contributed by atoms with Crippen molar-refractivity contribution >= 4 is 16.6 Å². The summed E-state index contributed by atoms with van der Waals surface area (Å²) < 4.78 is 31.3. The summed E-state index contributed by atoms with van der Waals surface area (Å²) in [5.74, 6) is 1.02. The predicted octanol–water partition coefficient (Wildman–Crippen LogP) is 5.47. The molecule has 0 amide bonds. The lowest BCUT2D eigenvalue weighted by Crippen LogP contribution is -2.21. The van der Waals surface area contributed by atoms with E-state index in [1.165, 1.54) is 17.7 Å². The Kier molecular flexibility index (Phi) is 9.72. The molecule has 34 heavy (non-hydrogen) atoms. The molecular formula is C27H33FN2O3S. The van der Waals surface area contributed by atoms with Crippen molar-refractivity contribution in [2.75, 3.05) is 18.8 Å². The van der Waals surface area contributed by atoms with Gasteiger partial charge in [0.25, 0.3) is 0 Å². The third-order valence-electron chi connectivity index (χ3n) is 5.85. The summed E-state index contributed by atoms with van der Waals surface area (Å²) in [7, 11) is -1.35. The maximum atomic E-state index is 13.0. The summed E-state index contributed by atoms with van der Waals surface area (Å²) in [6.45, 7) is 9.03. The van der Waals surface area contributed by atoms with Crippen molar-refractivity contribution in [3.05, 3.63) is 76.9 Å². The smallest absolute Gasteiger partial charge is 0.226 e. The van der Waals surface area contributed by atoms with Gasteiger partial charge in [-0.15, -0.1) is 0 Å². The minimum absolute atomic E-state index is 0.00506. The highest BCUT2D eigenvalue weighted by atomic mass is 32.2. The molecule has 5 nitrogen and oxygen atoms in total. The summed E-state index contributed by atoms with van der Waals surface area (Å²) >= 11 is 0. The molecule has 0 N–H and O–H groups in total. The van der Waals surface area contributed by atoms with E-state index in [9.17, 15) is 13.4 Å². The van der Waals surface area contributed by atoms with Crippen molar-refractivity contribution in [3.63, 3.8) is 0 Å². The monoisotopic (exact) mass is 484 g/mol. The Labute approximate surface area is 203 Å². The molecule has 182 valence electrons. The van der Waals surface area contributed by atoms with E-state index in [-0.39, 0.29) is 23.1 Å². The molecule has 0 saturated carbocycles. The molecule has 3 rings (SSSR count). The molecule has 0 fully saturated rings. The van der Waals surface area contributed by atoms with Crippen LogP contribution >= 0.6 is 0 Å². The fourth-order valence-corrected chi connectivity index (χ4v) is 4.92. The number of ketones is 1. The van der Waals surface area contributed by atoms with Gasteiger partial charge in [-0.1, -0.05) is 38.1 Å². The summed E-state index contributed by atoms with van der Waals surface area (Å²) in [4.78, 5) is 19.1. The molecule has 2 aromatic carbocycles. The standard InChI is InChI=1S/C27H33FN2O3S/c1-4-30(5-2)17-22-9-13-23(14-10-22)27-29-26(20(3)33-27)19-34(32)18-25(31)8-6-7-21-11-15-24(28)16-12-21/h9-16H,4-8,17-19H2,1-3H3. The maximum Gasteiger partial charge on any atom is 0.226 e. The number of Topliss-reactive ketones (excluding diaryl/α,β-unsaturated/α-hetero) is 1. The zero-order valence-corrected chi connectivity index (χ0v) is 21.0. The van der Waals surface area contributed by atoms with Crippen LogP contribution in [0.2, 0.25) is 0 Å². The van der Waals surface area contributed by atoms with Crippen molar-refractivity contribution in [1.82, 2.24) is 9.88 Å². The van der Waals surface area contributed by atoms with Gasteiger partial charge in [0.15, 0.2) is 0 Å². The van der Waals surface area contributed by atoms with E-state index in [0.29, 0.717) is 36.6 Å². The minimum Gasteiger partial charge on any atom is -0.441 e. The van der Waals surface area contributed by atoms with Crippen LogP contribution in [0, 0.1) is 12.7 Å². The topological polar surface area (TPSA) is 63.4 Å². The Morgan fingerprint density at radius 2 is 1.68 bits per heavy atom. The first-order valence-electron chi connectivity index (χ1n) is 11.8. The van der Waals surface area contributed by atoms with Gasteiger partial charge in [0, 0.05) is 29.3 Å². The van der Waals surface area contributed by atoms with Gasteiger partial charge < -0.3 is 4.42 Å². The Morgan fingerprint density at radius 3 is 2.32 bits per heavy atom. The zero-order chi connectivity index (χ0) is 24.5. The summed E-state index contributed by atoms with van der Waals surface area (Å²) in [6.07, 6.45) is 1.70. The van der Waals surface area contributed by atoms with E-state index in [4.69, 9.17) is 4.42 Å². The molecule has 1 aromatic heterocycles. The molecule has 0 saturated heterocycles. The molecule has 1 unspecified atom stereocenters. The zero-order valence-electron chi connectivity index (χ0n) is 20.2. The SMILES string of the molecule is CCN(CC)Cc1ccc(-c2nc(CS(=O)CC(=O)CCCc3ccc(F)cc3)c(C)o2)cc1. The van der Waals surface area contributed by atoms with E-state index < -0.39 is 10.8 Å². The molecule has 0 aliphatic carbocycles. The van der Waals surface area contributed by atoms with Crippen molar-refractivity contribution in [2.45, 2.75) is 52.3 Å². The summed E-state index contributed by atoms with van der Waals surface area (Å²) in [5.41, 5.74) is 3.72. The van der Waals surface area contributed by atoms with Crippen LogP contribution in [0.3, 0.4) is 0 Å². The summed E-state index contributed by atoms with van der Waals surface area (Å²) in [6, 6.07) is 14.4. The second-order valence-corrected chi connectivity index (χ2v) is 9.88. The molecule has 0 aliphatic heterocycles. The van der Waals surface area contributed by atoms with Crippen LogP contribution in [-0.2, 0) is 34.3 Å². The Morgan fingerprint density at radius 1 is 1.03 bits per heavy atom. The van der Waals surface area contributed by atoms with Crippen LogP contribution < -0.4 is 0 Å². The highest BCUT2D eigenvalue weighted by Crippen LogP contribution is 2.23. The molecule has 0 radical (unpaired) electrons. The van der Waals surface area contributed by atoms with Gasteiger partial charge in [-0.25, -0.2) is 9.37 Å². The third kappa shape index (κ3) is 7.71. The quantitative estimate of drug-likeness (QED) is 0.322. The van der Waals surface area contributed by atoms with Crippen LogP contribution in [0.25, 0.3) is 11.5 Å². The molecule has 0 spiro atoms. The number of oxazole rings is 1. The molecule has 1 atom stereocenters. The second-order valence-electron chi connectivity index (χ2n) is 8.43. The van der Waals surface area contributed by atoms with E-state index in [2.05, 4.69) is 35.9 Å². The normalized spacial score (nSPS) is 12.3. The fraction of sp³-hybridized carbons (Fsp3) is 0.407. The maximum absolute atomic E-state index is 13.0. The fourth-order valence-electron chi connectivity index (χ4n) is 3.74. The first-order chi connectivity index (χ1) is 16.4. The lowest BCUT2D eigenvalue weighted by Gasteiger charge is -2.17. The van der Waals surface area contributed by atoms with Crippen LogP contribution in [0.1, 0.15) is 49.3 Å². The van der Waals surface area contributed by atoms with Crippen LogP contribution in [0.4, 0.5) is 4.39 Å². The molecule has 1 heterocycles. The first-order valence-corrected chi connectivity index (χ1v) is 13.3. The average molecular weight is 485 g/mol. The van der Waals surface area contributed by atoms with Crippen molar-refractivity contribution in [1.29, 1.82) is 0 Å². The number of carbonyl (C=O) groups is 1. The Hall–Kier alpha value is -2.64. The second kappa shape index (κ2) is 12.7. The third-order valence-corrected chi connectivity index (χ3v) is 7.09. The number of nitrogens with zero attached hydrogens (tertiary/aromatic N) is 2. The number of hydrogen-bond donors (Lipinski definition) is 0. The van der Waals surface area contributed by atoms with E-state index in [1.807, 2.05) is 19.1 Å². The average Bonchev–Trinajstić information content (AvgIpc) is 3.19. The summed E-state index contributed by atoms with van der Waals surface area (Å²) in [5, 5.41) is 0. The molecule has 0 aliphatic rings. The van der Waals surface area contributed by atoms with Gasteiger partial charge in [0.2, 0.25) is 5.89 Å². The van der Waals surface area contributed by atoms with E-state index in [1.54, 1.807) is 12.1 Å². The number of aromatic nitrogens is 1. The van der Waals surface area contributed by atoms with Crippen molar-refractivity contribution < 1.29 is 17.8 Å². The minimum atomic E-state index is -1.35. The highest BCUT2D eigenvalue weighted by Gasteiger charge is 2.16. The Bertz CT molecular complexity index is 1090. The van der Waals surface area contributed by atoms with E-state index >= 15 is 0 Å². The van der Waals surface area contributed by atoms with Crippen LogP contribution in [0.15, 0.2) is 52.9 Å². The highest BCUT2D eigenvalue weighted by molar-refractivity contribution is 7.84. The molecule has 0 bridgehead atoms. The number of halogens is 1. The predicted molar refractivity (Wildman–Crippen MR) is 134 cm³/mol. The van der Waals surface area contributed by atoms with Gasteiger partial charge in [-0.05, 0) is 68.2 Å². The van der Waals surface area contributed by atoms with Gasteiger partial charge in [0.1, 0.15) is 17.4 Å². The molecular weight excluding hydrogens is 451 g/mol. The van der Waals surface area contributed by atoms with Crippen LogP contribution in [-0.4, -0.2) is 38.7 Å². The number of carbonyl (C=O) groups excluding carboxylic acids is 1. The lowest BCUT2D eigenvalue weighted by molar-refractivity contribution is -0.116. The number of rotatable bonds is 13. The molecule has 7 heteroatoms. The Balaban J connectivity index is 1.50. The number of benzene rings is 2. The van der Waals surface area contributed by atoms with Crippen molar-refractivity contribution in [3.8, 4) is 11.5 Å². The van der Waals surface area contributed by atoms with Gasteiger partial charge in [0.05, 0.1) is 17.2 Å². The van der Waals surface area contributed by atoms with Gasteiger partial charge in [-0.2, -0.15) is 0 Å². The molecule has 3 aromatic rings.